The van der Waals surface area contributed by atoms with Crippen LogP contribution in [0.4, 0.5) is 5.69 Å². The summed E-state index contributed by atoms with van der Waals surface area (Å²) in [5.74, 6) is 0. The van der Waals surface area contributed by atoms with Crippen LogP contribution in [0.1, 0.15) is 11.1 Å². The molecule has 4 heteroatoms. The van der Waals surface area contributed by atoms with Gasteiger partial charge in [0.1, 0.15) is 0 Å². The maximum Gasteiger partial charge on any atom is 0.209 e. The van der Waals surface area contributed by atoms with Gasteiger partial charge in [0.2, 0.25) is 6.41 Å². The Kier molecular flexibility index (Phi) is 5.11. The Hall–Kier alpha value is -3.63. The van der Waals surface area contributed by atoms with Gasteiger partial charge in [-0.3, -0.25) is 4.79 Å². The maximum absolute atomic E-state index is 10.0. The molecule has 1 amide bonds. The van der Waals surface area contributed by atoms with Gasteiger partial charge >= 0.3 is 0 Å². The van der Waals surface area contributed by atoms with Gasteiger partial charge in [-0.1, -0.05) is 60.7 Å². The number of ether oxygens (including phenoxy) is 1. The van der Waals surface area contributed by atoms with Gasteiger partial charge in [0.25, 0.3) is 0 Å². The van der Waals surface area contributed by atoms with Gasteiger partial charge in [0.05, 0.1) is 13.2 Å². The molecule has 1 aliphatic carbocycles. The highest BCUT2D eigenvalue weighted by molar-refractivity contribution is 6.19. The molecule has 0 radical (unpaired) electrons. The lowest BCUT2D eigenvalue weighted by molar-refractivity contribution is -0.121. The second-order valence-electron chi connectivity index (χ2n) is 9.31. The van der Waals surface area contributed by atoms with Gasteiger partial charge in [0.15, 0.2) is 0 Å². The first-order valence-electron chi connectivity index (χ1n) is 11.9. The minimum Gasteiger partial charge on any atom is -0.378 e. The van der Waals surface area contributed by atoms with E-state index in [2.05, 4.69) is 85.6 Å². The van der Waals surface area contributed by atoms with Gasteiger partial charge in [-0.15, -0.1) is 0 Å². The number of morpholine rings is 1. The second kappa shape index (κ2) is 8.30. The molecule has 0 bridgehead atoms. The molecule has 4 aromatic rings. The lowest BCUT2D eigenvalue weighted by Crippen LogP contribution is -2.34. The Morgan fingerprint density at radius 3 is 2.21 bits per heavy atom. The highest BCUT2D eigenvalue weighted by Crippen LogP contribution is 2.55. The fourth-order valence-corrected chi connectivity index (χ4v) is 5.74. The summed E-state index contributed by atoms with van der Waals surface area (Å²) >= 11 is 0. The van der Waals surface area contributed by atoms with Crippen molar-refractivity contribution >= 4 is 22.9 Å². The maximum atomic E-state index is 10.0. The Bertz CT molecular complexity index is 1410. The predicted molar refractivity (Wildman–Crippen MR) is 139 cm³/mol. The molecule has 0 spiro atoms. The van der Waals surface area contributed by atoms with E-state index in [9.17, 15) is 4.79 Å². The van der Waals surface area contributed by atoms with Crippen molar-refractivity contribution in [3.63, 3.8) is 0 Å². The summed E-state index contributed by atoms with van der Waals surface area (Å²) in [5, 5.41) is 2.75. The van der Waals surface area contributed by atoms with Gasteiger partial charge in [0, 0.05) is 37.9 Å². The van der Waals surface area contributed by atoms with Crippen LogP contribution in [-0.2, 0) is 16.1 Å². The van der Waals surface area contributed by atoms with Gasteiger partial charge in [-0.05, 0) is 62.7 Å². The van der Waals surface area contributed by atoms with Gasteiger partial charge in [-0.25, -0.2) is 0 Å². The van der Waals surface area contributed by atoms with Crippen molar-refractivity contribution in [3.05, 3.63) is 77.9 Å². The van der Waals surface area contributed by atoms with Crippen LogP contribution in [-0.4, -0.2) is 44.7 Å². The molecule has 4 aromatic carbocycles. The molecule has 0 N–H and O–H groups in total. The SMILES string of the molecule is Cc1cc2c(c3c1-c1cccc4cccc-3c14)-c1ccccc1N(C)C2.O=CN1CCOCC1. The largest absolute Gasteiger partial charge is 0.378 e. The number of hydrogen-bond acceptors (Lipinski definition) is 3. The zero-order valence-corrected chi connectivity index (χ0v) is 19.7. The van der Waals surface area contributed by atoms with E-state index < -0.39 is 0 Å². The van der Waals surface area contributed by atoms with Crippen LogP contribution in [0.25, 0.3) is 44.2 Å². The lowest BCUT2D eigenvalue weighted by Gasteiger charge is -2.32. The molecule has 170 valence electrons. The zero-order valence-electron chi connectivity index (χ0n) is 19.7. The van der Waals surface area contributed by atoms with Crippen molar-refractivity contribution in [1.82, 2.24) is 4.90 Å². The number of anilines is 1. The fourth-order valence-electron chi connectivity index (χ4n) is 5.74. The summed E-state index contributed by atoms with van der Waals surface area (Å²) in [7, 11) is 2.19. The zero-order chi connectivity index (χ0) is 23.2. The Morgan fingerprint density at radius 2 is 1.50 bits per heavy atom. The minimum atomic E-state index is 0.693. The first-order valence-corrected chi connectivity index (χ1v) is 11.9. The number of fused-ring (bicyclic) bond motifs is 7. The van der Waals surface area contributed by atoms with Crippen molar-refractivity contribution in [2.45, 2.75) is 13.5 Å². The summed E-state index contributed by atoms with van der Waals surface area (Å²) in [6, 6.07) is 24.7. The van der Waals surface area contributed by atoms with Crippen LogP contribution in [0.2, 0.25) is 0 Å². The molecule has 1 fully saturated rings. The summed E-state index contributed by atoms with van der Waals surface area (Å²) < 4.78 is 5.00. The number of amides is 1. The standard InChI is InChI=1S/C25H19N.C5H9NO2/c1-15-13-17-14-26(2)21-12-4-3-9-18(21)24(17)25-20-11-6-8-16-7-5-10-19(22(15)25)23(16)20;7-5-6-1-3-8-4-2-6/h3-13H,14H2,1-2H3;5H,1-4H2. The average Bonchev–Trinajstić information content (AvgIpc) is 3.22. The Labute approximate surface area is 200 Å². The summed E-state index contributed by atoms with van der Waals surface area (Å²) in [6.45, 7) is 6.13. The molecular formula is C30H28N2O2. The number of benzene rings is 4. The van der Waals surface area contributed by atoms with Gasteiger partial charge in [-0.2, -0.15) is 0 Å². The fraction of sp³-hybridized carbons (Fsp3) is 0.233. The molecule has 0 saturated carbocycles. The molecule has 3 aliphatic rings. The molecule has 1 saturated heterocycles. The summed E-state index contributed by atoms with van der Waals surface area (Å²) in [4.78, 5) is 14.1. The number of nitrogens with zero attached hydrogens (tertiary/aromatic N) is 2. The third-order valence-electron chi connectivity index (χ3n) is 7.24. The monoisotopic (exact) mass is 448 g/mol. The van der Waals surface area contributed by atoms with Crippen molar-refractivity contribution in [3.8, 4) is 33.4 Å². The highest BCUT2D eigenvalue weighted by Gasteiger charge is 2.31. The van der Waals surface area contributed by atoms with Crippen LogP contribution < -0.4 is 4.90 Å². The van der Waals surface area contributed by atoms with Crippen molar-refractivity contribution in [2.75, 3.05) is 38.3 Å². The van der Waals surface area contributed by atoms with Crippen LogP contribution in [0.3, 0.4) is 0 Å². The molecule has 34 heavy (non-hydrogen) atoms. The van der Waals surface area contributed by atoms with E-state index in [-0.39, 0.29) is 0 Å². The Balaban J connectivity index is 0.000000233. The third kappa shape index (κ3) is 3.21. The van der Waals surface area contributed by atoms with Crippen LogP contribution in [0, 0.1) is 6.92 Å². The molecule has 2 aliphatic heterocycles. The first-order chi connectivity index (χ1) is 16.7. The van der Waals surface area contributed by atoms with Crippen LogP contribution in [0.5, 0.6) is 0 Å². The topological polar surface area (TPSA) is 32.8 Å². The molecule has 0 atom stereocenters. The quantitative estimate of drug-likeness (QED) is 0.300. The number of carbonyl (C=O) groups is 1. The van der Waals surface area contributed by atoms with E-state index in [0.29, 0.717) is 13.2 Å². The van der Waals surface area contributed by atoms with Crippen molar-refractivity contribution < 1.29 is 9.53 Å². The van der Waals surface area contributed by atoms with E-state index in [1.54, 1.807) is 4.90 Å². The van der Waals surface area contributed by atoms with Crippen molar-refractivity contribution in [2.24, 2.45) is 0 Å². The first kappa shape index (κ1) is 20.9. The van der Waals surface area contributed by atoms with E-state index in [0.717, 1.165) is 26.0 Å². The van der Waals surface area contributed by atoms with Crippen LogP contribution >= 0.6 is 0 Å². The normalized spacial score (nSPS) is 15.2. The number of aryl methyl sites for hydroxylation is 1. The molecular weight excluding hydrogens is 420 g/mol. The average molecular weight is 449 g/mol. The second-order valence-corrected chi connectivity index (χ2v) is 9.31. The van der Waals surface area contributed by atoms with Crippen molar-refractivity contribution in [1.29, 1.82) is 0 Å². The van der Waals surface area contributed by atoms with E-state index >= 15 is 0 Å². The Morgan fingerprint density at radius 1 is 0.824 bits per heavy atom. The van der Waals surface area contributed by atoms with E-state index in [1.165, 1.54) is 61.0 Å². The number of para-hydroxylation sites is 1. The summed E-state index contributed by atoms with van der Waals surface area (Å²) in [5.41, 5.74) is 12.6. The highest BCUT2D eigenvalue weighted by atomic mass is 16.5. The molecule has 7 rings (SSSR count). The molecule has 2 heterocycles. The number of hydrogen-bond donors (Lipinski definition) is 0. The predicted octanol–water partition coefficient (Wildman–Crippen LogP) is 5.89. The van der Waals surface area contributed by atoms with Gasteiger partial charge < -0.3 is 14.5 Å². The third-order valence-corrected chi connectivity index (χ3v) is 7.24. The van der Waals surface area contributed by atoms with Crippen LogP contribution in [0.15, 0.2) is 66.7 Å². The molecule has 0 unspecified atom stereocenters. The molecule has 0 aromatic heterocycles. The smallest absolute Gasteiger partial charge is 0.209 e. The summed E-state index contributed by atoms with van der Waals surface area (Å²) in [6.07, 6.45) is 0.864. The van der Waals surface area contributed by atoms with E-state index in [4.69, 9.17) is 4.74 Å². The molecule has 4 nitrogen and oxygen atoms in total. The lowest BCUT2D eigenvalue weighted by atomic mass is 9.84. The minimum absolute atomic E-state index is 0.693. The number of carbonyl (C=O) groups excluding carboxylic acids is 1. The number of rotatable bonds is 1. The van der Waals surface area contributed by atoms with E-state index in [1.807, 2.05) is 0 Å².